The van der Waals surface area contributed by atoms with Gasteiger partial charge in [0.05, 0.1) is 12.0 Å². The van der Waals surface area contributed by atoms with E-state index in [0.29, 0.717) is 12.0 Å². The highest BCUT2D eigenvalue weighted by atomic mass is 35.5. The lowest BCUT2D eigenvalue weighted by Crippen LogP contribution is -2.57. The van der Waals surface area contributed by atoms with E-state index < -0.39 is 0 Å². The second kappa shape index (κ2) is 6.29. The van der Waals surface area contributed by atoms with E-state index in [4.69, 9.17) is 11.6 Å². The third-order valence-corrected chi connectivity index (χ3v) is 6.13. The lowest BCUT2D eigenvalue weighted by atomic mass is 9.53. The molecule has 2 aromatic rings. The van der Waals surface area contributed by atoms with Crippen LogP contribution in [0.4, 0.5) is 0 Å². The summed E-state index contributed by atoms with van der Waals surface area (Å²) in [6.45, 7) is 0.897. The predicted molar refractivity (Wildman–Crippen MR) is 93.5 cm³/mol. The van der Waals surface area contributed by atoms with Gasteiger partial charge in [-0.2, -0.15) is 0 Å². The van der Waals surface area contributed by atoms with Crippen LogP contribution in [0.25, 0.3) is 0 Å². The minimum absolute atomic E-state index is 0.580. The highest BCUT2D eigenvalue weighted by Crippen LogP contribution is 2.54. The summed E-state index contributed by atoms with van der Waals surface area (Å²) >= 11 is 6.07. The van der Waals surface area contributed by atoms with Crippen LogP contribution in [-0.4, -0.2) is 15.6 Å². The zero-order chi connectivity index (χ0) is 15.8. The molecule has 4 rings (SSSR count). The van der Waals surface area contributed by atoms with E-state index >= 15 is 0 Å². The van der Waals surface area contributed by atoms with E-state index in [1.165, 1.54) is 36.9 Å². The molecule has 4 atom stereocenters. The molecule has 4 heteroatoms. The summed E-state index contributed by atoms with van der Waals surface area (Å²) in [5, 5.41) is 4.66. The highest BCUT2D eigenvalue weighted by molar-refractivity contribution is 6.30. The summed E-state index contributed by atoms with van der Waals surface area (Å²) in [4.78, 5) is 4.22. The van der Waals surface area contributed by atoms with Crippen LogP contribution < -0.4 is 5.32 Å². The number of aryl methyl sites for hydroxylation is 1. The summed E-state index contributed by atoms with van der Waals surface area (Å²) in [5.74, 6) is 2.30. The van der Waals surface area contributed by atoms with Crippen molar-refractivity contribution < 1.29 is 0 Å². The fourth-order valence-corrected chi connectivity index (χ4v) is 4.79. The maximum absolute atomic E-state index is 6.07. The SMILES string of the molecule is Cn1cncc1CN[C@H]1[C@H]2CCCC[C@@H]2[C@@H]1c1ccc(Cl)cc1. The van der Waals surface area contributed by atoms with Gasteiger partial charge in [-0.05, 0) is 42.4 Å². The van der Waals surface area contributed by atoms with Gasteiger partial charge in [0.25, 0.3) is 0 Å². The molecular weight excluding hydrogens is 306 g/mol. The van der Waals surface area contributed by atoms with Crippen molar-refractivity contribution in [2.24, 2.45) is 18.9 Å². The van der Waals surface area contributed by atoms with Crippen molar-refractivity contribution >= 4 is 11.6 Å². The maximum atomic E-state index is 6.07. The fraction of sp³-hybridized carbons (Fsp3) is 0.526. The van der Waals surface area contributed by atoms with Crippen molar-refractivity contribution in [2.45, 2.75) is 44.2 Å². The van der Waals surface area contributed by atoms with Gasteiger partial charge in [0, 0.05) is 36.8 Å². The van der Waals surface area contributed by atoms with Crippen LogP contribution in [0.5, 0.6) is 0 Å². The monoisotopic (exact) mass is 329 g/mol. The van der Waals surface area contributed by atoms with E-state index in [2.05, 4.69) is 34.0 Å². The van der Waals surface area contributed by atoms with Crippen molar-refractivity contribution in [3.63, 3.8) is 0 Å². The second-order valence-corrected chi connectivity index (χ2v) is 7.53. The average molecular weight is 330 g/mol. The minimum atomic E-state index is 0.580. The number of nitrogens with one attached hydrogen (secondary N) is 1. The van der Waals surface area contributed by atoms with Crippen molar-refractivity contribution in [2.75, 3.05) is 0 Å². The Balaban J connectivity index is 1.52. The molecule has 23 heavy (non-hydrogen) atoms. The molecule has 2 aliphatic rings. The van der Waals surface area contributed by atoms with Crippen LogP contribution in [0.2, 0.25) is 5.02 Å². The second-order valence-electron chi connectivity index (χ2n) is 7.09. The molecule has 2 saturated carbocycles. The van der Waals surface area contributed by atoms with Crippen LogP contribution in [-0.2, 0) is 13.6 Å². The Morgan fingerprint density at radius 3 is 2.61 bits per heavy atom. The molecule has 0 radical (unpaired) electrons. The Morgan fingerprint density at radius 2 is 1.91 bits per heavy atom. The van der Waals surface area contributed by atoms with E-state index in [1.54, 1.807) is 0 Å². The summed E-state index contributed by atoms with van der Waals surface area (Å²) in [7, 11) is 2.06. The molecule has 1 aromatic heterocycles. The molecule has 2 fully saturated rings. The van der Waals surface area contributed by atoms with E-state index in [-0.39, 0.29) is 0 Å². The van der Waals surface area contributed by atoms with Gasteiger partial charge in [-0.25, -0.2) is 4.98 Å². The number of benzene rings is 1. The van der Waals surface area contributed by atoms with Crippen LogP contribution in [0.1, 0.15) is 42.9 Å². The van der Waals surface area contributed by atoms with Gasteiger partial charge in [-0.1, -0.05) is 36.6 Å². The Kier molecular flexibility index (Phi) is 4.16. The van der Waals surface area contributed by atoms with E-state index in [1.807, 2.05) is 24.7 Å². The number of imidazole rings is 1. The van der Waals surface area contributed by atoms with Crippen LogP contribution >= 0.6 is 11.6 Å². The molecule has 1 heterocycles. The number of aromatic nitrogens is 2. The van der Waals surface area contributed by atoms with Gasteiger partial charge in [0.2, 0.25) is 0 Å². The molecule has 0 bridgehead atoms. The molecule has 0 aliphatic heterocycles. The van der Waals surface area contributed by atoms with Crippen molar-refractivity contribution in [1.82, 2.24) is 14.9 Å². The summed E-state index contributed by atoms with van der Waals surface area (Å²) in [6, 6.07) is 9.08. The fourth-order valence-electron chi connectivity index (χ4n) is 4.66. The number of rotatable bonds is 4. The molecule has 122 valence electrons. The Bertz CT molecular complexity index is 664. The van der Waals surface area contributed by atoms with Gasteiger partial charge in [-0.15, -0.1) is 0 Å². The summed E-state index contributed by atoms with van der Waals surface area (Å²) in [5.41, 5.74) is 2.69. The molecule has 0 saturated heterocycles. The molecular formula is C19H24ClN3. The highest BCUT2D eigenvalue weighted by Gasteiger charge is 2.50. The zero-order valence-electron chi connectivity index (χ0n) is 13.6. The molecule has 1 N–H and O–H groups in total. The van der Waals surface area contributed by atoms with Gasteiger partial charge in [-0.3, -0.25) is 0 Å². The van der Waals surface area contributed by atoms with Gasteiger partial charge >= 0.3 is 0 Å². The third-order valence-electron chi connectivity index (χ3n) is 5.87. The molecule has 3 nitrogen and oxygen atoms in total. The van der Waals surface area contributed by atoms with Gasteiger partial charge < -0.3 is 9.88 Å². The largest absolute Gasteiger partial charge is 0.337 e. The molecule has 2 aliphatic carbocycles. The number of hydrogen-bond acceptors (Lipinski definition) is 2. The quantitative estimate of drug-likeness (QED) is 0.913. The summed E-state index contributed by atoms with van der Waals surface area (Å²) in [6.07, 6.45) is 9.36. The Hall–Kier alpha value is -1.32. The van der Waals surface area contributed by atoms with Crippen LogP contribution in [0.3, 0.4) is 0 Å². The van der Waals surface area contributed by atoms with Crippen molar-refractivity contribution in [3.05, 3.63) is 53.1 Å². The average Bonchev–Trinajstić information content (AvgIpc) is 2.96. The Morgan fingerprint density at radius 1 is 1.17 bits per heavy atom. The third kappa shape index (κ3) is 2.81. The predicted octanol–water partition coefficient (Wildman–Crippen LogP) is 4.14. The number of fused-ring (bicyclic) bond motifs is 1. The number of halogens is 1. The first-order valence-electron chi connectivity index (χ1n) is 8.68. The van der Waals surface area contributed by atoms with Gasteiger partial charge in [0.1, 0.15) is 0 Å². The first-order chi connectivity index (χ1) is 11.2. The summed E-state index contributed by atoms with van der Waals surface area (Å²) < 4.78 is 2.10. The lowest BCUT2D eigenvalue weighted by Gasteiger charge is -2.55. The molecule has 0 spiro atoms. The lowest BCUT2D eigenvalue weighted by molar-refractivity contribution is 0.0251. The molecule has 0 unspecified atom stereocenters. The normalized spacial score (nSPS) is 29.8. The van der Waals surface area contributed by atoms with Crippen LogP contribution in [0.15, 0.2) is 36.8 Å². The molecule has 1 aromatic carbocycles. The first-order valence-corrected chi connectivity index (χ1v) is 9.06. The van der Waals surface area contributed by atoms with Crippen molar-refractivity contribution in [3.8, 4) is 0 Å². The topological polar surface area (TPSA) is 29.9 Å². The minimum Gasteiger partial charge on any atom is -0.337 e. The van der Waals surface area contributed by atoms with Gasteiger partial charge in [0.15, 0.2) is 0 Å². The van der Waals surface area contributed by atoms with Crippen molar-refractivity contribution in [1.29, 1.82) is 0 Å². The maximum Gasteiger partial charge on any atom is 0.0945 e. The standard InChI is InChI=1S/C19H24ClN3/c1-23-12-21-10-15(23)11-22-19-17-5-3-2-4-16(17)18(19)13-6-8-14(20)9-7-13/h6-10,12,16-19,22H,2-5,11H2,1H3/t16-,17-,18-,19-/m0/s1. The molecule has 0 amide bonds. The zero-order valence-corrected chi connectivity index (χ0v) is 14.3. The van der Waals surface area contributed by atoms with Crippen LogP contribution in [0, 0.1) is 11.8 Å². The van der Waals surface area contributed by atoms with E-state index in [0.717, 1.165) is 23.4 Å². The number of nitrogens with zero attached hydrogens (tertiary/aromatic N) is 2. The first kappa shape index (κ1) is 15.2. The number of hydrogen-bond donors (Lipinski definition) is 1. The van der Waals surface area contributed by atoms with E-state index in [9.17, 15) is 0 Å². The smallest absolute Gasteiger partial charge is 0.0945 e. The Labute approximate surface area is 143 Å².